The van der Waals surface area contributed by atoms with E-state index in [1.807, 2.05) is 10.9 Å². The third kappa shape index (κ3) is 4.20. The molecule has 0 aliphatic rings. The molecule has 4 heteroatoms. The second-order valence-electron chi connectivity index (χ2n) is 5.31. The first kappa shape index (κ1) is 13.7. The average Bonchev–Trinajstić information content (AvgIpc) is 2.72. The molecule has 0 amide bonds. The standard InChI is InChI=1S/C13H22N4/c1-5-12(6-7-14)15-8-11-9-16-17(10-11)13(2,3)4/h9-10,12,15H,5-6,8H2,1-4H3. The molecule has 94 valence electrons. The minimum atomic E-state index is 0.0229. The second-order valence-corrected chi connectivity index (χ2v) is 5.31. The second kappa shape index (κ2) is 5.83. The van der Waals surface area contributed by atoms with Gasteiger partial charge in [-0.25, -0.2) is 0 Å². The van der Waals surface area contributed by atoms with Crippen LogP contribution in [0.1, 0.15) is 46.1 Å². The highest BCUT2D eigenvalue weighted by Crippen LogP contribution is 2.13. The van der Waals surface area contributed by atoms with Crippen LogP contribution in [0, 0.1) is 11.3 Å². The van der Waals surface area contributed by atoms with Gasteiger partial charge in [0.25, 0.3) is 0 Å². The van der Waals surface area contributed by atoms with Gasteiger partial charge in [-0.2, -0.15) is 10.4 Å². The molecule has 0 saturated heterocycles. The molecule has 1 rings (SSSR count). The summed E-state index contributed by atoms with van der Waals surface area (Å²) < 4.78 is 1.97. The molecule has 1 aromatic heterocycles. The van der Waals surface area contributed by atoms with Gasteiger partial charge in [0.2, 0.25) is 0 Å². The van der Waals surface area contributed by atoms with E-state index in [1.165, 1.54) is 0 Å². The molecular formula is C13H22N4. The van der Waals surface area contributed by atoms with Crippen LogP contribution < -0.4 is 5.32 Å². The monoisotopic (exact) mass is 234 g/mol. The number of nitrogens with one attached hydrogen (secondary N) is 1. The smallest absolute Gasteiger partial charge is 0.0638 e. The highest BCUT2D eigenvalue weighted by atomic mass is 15.3. The molecular weight excluding hydrogens is 212 g/mol. The van der Waals surface area contributed by atoms with Gasteiger partial charge in [0, 0.05) is 24.3 Å². The Labute approximate surface area is 104 Å². The van der Waals surface area contributed by atoms with Gasteiger partial charge in [-0.1, -0.05) is 6.92 Å². The van der Waals surface area contributed by atoms with Crippen LogP contribution in [-0.2, 0) is 12.1 Å². The maximum absolute atomic E-state index is 8.67. The molecule has 1 N–H and O–H groups in total. The highest BCUT2D eigenvalue weighted by molar-refractivity contribution is 5.05. The summed E-state index contributed by atoms with van der Waals surface area (Å²) in [7, 11) is 0. The van der Waals surface area contributed by atoms with Crippen LogP contribution in [-0.4, -0.2) is 15.8 Å². The summed E-state index contributed by atoms with van der Waals surface area (Å²) in [6.45, 7) is 9.25. The Morgan fingerprint density at radius 3 is 2.71 bits per heavy atom. The molecule has 0 saturated carbocycles. The van der Waals surface area contributed by atoms with Crippen molar-refractivity contribution in [1.82, 2.24) is 15.1 Å². The van der Waals surface area contributed by atoms with Gasteiger partial charge in [0.15, 0.2) is 0 Å². The van der Waals surface area contributed by atoms with Crippen LogP contribution in [0.2, 0.25) is 0 Å². The van der Waals surface area contributed by atoms with Gasteiger partial charge in [-0.3, -0.25) is 4.68 Å². The van der Waals surface area contributed by atoms with E-state index >= 15 is 0 Å². The molecule has 1 atom stereocenters. The predicted octanol–water partition coefficient (Wildman–Crippen LogP) is 2.42. The van der Waals surface area contributed by atoms with E-state index in [0.717, 1.165) is 18.5 Å². The molecule has 1 aromatic rings. The number of aromatic nitrogens is 2. The lowest BCUT2D eigenvalue weighted by Crippen LogP contribution is -2.27. The number of rotatable bonds is 5. The fourth-order valence-electron chi connectivity index (χ4n) is 1.55. The Bertz CT molecular complexity index is 381. The van der Waals surface area contributed by atoms with E-state index in [-0.39, 0.29) is 11.6 Å². The number of nitriles is 1. The molecule has 0 bridgehead atoms. The molecule has 1 heterocycles. The van der Waals surface area contributed by atoms with Crippen LogP contribution in [0.3, 0.4) is 0 Å². The van der Waals surface area contributed by atoms with Crippen LogP contribution in [0.25, 0.3) is 0 Å². The van der Waals surface area contributed by atoms with E-state index < -0.39 is 0 Å². The minimum absolute atomic E-state index is 0.0229. The zero-order chi connectivity index (χ0) is 12.9. The summed E-state index contributed by atoms with van der Waals surface area (Å²) in [6.07, 6.45) is 5.48. The average molecular weight is 234 g/mol. The third-order valence-corrected chi connectivity index (χ3v) is 2.75. The molecule has 0 aliphatic heterocycles. The van der Waals surface area contributed by atoms with Crippen molar-refractivity contribution >= 4 is 0 Å². The summed E-state index contributed by atoms with van der Waals surface area (Å²) in [4.78, 5) is 0. The SMILES string of the molecule is CCC(CC#N)NCc1cnn(C(C)(C)C)c1. The molecule has 0 aliphatic carbocycles. The summed E-state index contributed by atoms with van der Waals surface area (Å²) in [5, 5.41) is 16.4. The van der Waals surface area contributed by atoms with Crippen molar-refractivity contribution in [2.45, 2.75) is 58.7 Å². The van der Waals surface area contributed by atoms with Gasteiger partial charge in [-0.15, -0.1) is 0 Å². The van der Waals surface area contributed by atoms with Gasteiger partial charge in [-0.05, 0) is 27.2 Å². The first-order valence-electron chi connectivity index (χ1n) is 6.11. The lowest BCUT2D eigenvalue weighted by molar-refractivity contribution is 0.355. The van der Waals surface area contributed by atoms with Crippen molar-refractivity contribution in [3.05, 3.63) is 18.0 Å². The quantitative estimate of drug-likeness (QED) is 0.851. The molecule has 0 spiro atoms. The molecule has 0 fully saturated rings. The first-order valence-corrected chi connectivity index (χ1v) is 6.11. The van der Waals surface area contributed by atoms with Crippen molar-refractivity contribution in [1.29, 1.82) is 5.26 Å². The van der Waals surface area contributed by atoms with Crippen molar-refractivity contribution in [2.75, 3.05) is 0 Å². The van der Waals surface area contributed by atoms with Crippen LogP contribution >= 0.6 is 0 Å². The number of nitrogens with zero attached hydrogens (tertiary/aromatic N) is 3. The van der Waals surface area contributed by atoms with Gasteiger partial charge >= 0.3 is 0 Å². The Hall–Kier alpha value is -1.34. The molecule has 0 aromatic carbocycles. The third-order valence-electron chi connectivity index (χ3n) is 2.75. The largest absolute Gasteiger partial charge is 0.309 e. The zero-order valence-electron chi connectivity index (χ0n) is 11.2. The Morgan fingerprint density at radius 1 is 1.53 bits per heavy atom. The maximum atomic E-state index is 8.67. The van der Waals surface area contributed by atoms with E-state index in [9.17, 15) is 0 Å². The van der Waals surface area contributed by atoms with E-state index in [0.29, 0.717) is 6.42 Å². The van der Waals surface area contributed by atoms with E-state index in [1.54, 1.807) is 0 Å². The van der Waals surface area contributed by atoms with Gasteiger partial charge < -0.3 is 5.32 Å². The first-order chi connectivity index (χ1) is 7.97. The Morgan fingerprint density at radius 2 is 2.24 bits per heavy atom. The van der Waals surface area contributed by atoms with Crippen molar-refractivity contribution in [3.63, 3.8) is 0 Å². The molecule has 1 unspecified atom stereocenters. The van der Waals surface area contributed by atoms with Crippen molar-refractivity contribution in [2.24, 2.45) is 0 Å². The summed E-state index contributed by atoms with van der Waals surface area (Å²) in [6, 6.07) is 2.48. The van der Waals surface area contributed by atoms with E-state index in [2.05, 4.69) is 50.4 Å². The normalized spacial score (nSPS) is 13.4. The Balaban J connectivity index is 2.53. The summed E-state index contributed by atoms with van der Waals surface area (Å²) in [5.41, 5.74) is 1.19. The lowest BCUT2D eigenvalue weighted by Gasteiger charge is -2.18. The lowest BCUT2D eigenvalue weighted by atomic mass is 10.1. The predicted molar refractivity (Wildman–Crippen MR) is 68.4 cm³/mol. The minimum Gasteiger partial charge on any atom is -0.309 e. The summed E-state index contributed by atoms with van der Waals surface area (Å²) in [5.74, 6) is 0. The highest BCUT2D eigenvalue weighted by Gasteiger charge is 2.14. The molecule has 17 heavy (non-hydrogen) atoms. The number of hydrogen-bond donors (Lipinski definition) is 1. The van der Waals surface area contributed by atoms with E-state index in [4.69, 9.17) is 5.26 Å². The van der Waals surface area contributed by atoms with Crippen molar-refractivity contribution in [3.8, 4) is 6.07 Å². The van der Waals surface area contributed by atoms with Crippen molar-refractivity contribution < 1.29 is 0 Å². The van der Waals surface area contributed by atoms with Crippen LogP contribution in [0.4, 0.5) is 0 Å². The van der Waals surface area contributed by atoms with Crippen LogP contribution in [0.5, 0.6) is 0 Å². The van der Waals surface area contributed by atoms with Gasteiger partial charge in [0.05, 0.1) is 24.2 Å². The van der Waals surface area contributed by atoms with Crippen LogP contribution in [0.15, 0.2) is 12.4 Å². The fourth-order valence-corrected chi connectivity index (χ4v) is 1.55. The zero-order valence-corrected chi connectivity index (χ0v) is 11.2. The summed E-state index contributed by atoms with van der Waals surface area (Å²) >= 11 is 0. The fraction of sp³-hybridized carbons (Fsp3) is 0.692. The maximum Gasteiger partial charge on any atom is 0.0638 e. The molecule has 4 nitrogen and oxygen atoms in total. The number of hydrogen-bond acceptors (Lipinski definition) is 3. The topological polar surface area (TPSA) is 53.6 Å². The molecule has 0 radical (unpaired) electrons. The Kier molecular flexibility index (Phi) is 4.71. The van der Waals surface area contributed by atoms with Gasteiger partial charge in [0.1, 0.15) is 0 Å².